The molecule has 1 aliphatic rings. The molecule has 0 bridgehead atoms. The SMILES string of the molecule is CC1(C)OB(c2cnc(Cl)c(NS(=O)(=O)c3cccc(S(N)(=O)=O)c3)c2)OC1(C)C. The number of hydrogen-bond donors (Lipinski definition) is 2. The van der Waals surface area contributed by atoms with Crippen LogP contribution in [0.3, 0.4) is 0 Å². The minimum absolute atomic E-state index is 0.00936. The Morgan fingerprint density at radius 3 is 2.17 bits per heavy atom. The van der Waals surface area contributed by atoms with Crippen molar-refractivity contribution >= 4 is 49.9 Å². The van der Waals surface area contributed by atoms with E-state index in [0.717, 1.165) is 6.07 Å². The van der Waals surface area contributed by atoms with Crippen LogP contribution < -0.4 is 15.3 Å². The predicted molar refractivity (Wildman–Crippen MR) is 114 cm³/mol. The lowest BCUT2D eigenvalue weighted by Crippen LogP contribution is -2.41. The van der Waals surface area contributed by atoms with E-state index in [1.165, 1.54) is 30.5 Å². The van der Waals surface area contributed by atoms with Gasteiger partial charge in [-0.15, -0.1) is 0 Å². The van der Waals surface area contributed by atoms with Crippen LogP contribution in [0, 0.1) is 0 Å². The van der Waals surface area contributed by atoms with E-state index in [0.29, 0.717) is 5.46 Å². The molecule has 0 aliphatic carbocycles. The fourth-order valence-electron chi connectivity index (χ4n) is 2.67. The van der Waals surface area contributed by atoms with Crippen molar-refractivity contribution in [2.75, 3.05) is 4.72 Å². The van der Waals surface area contributed by atoms with Gasteiger partial charge < -0.3 is 9.31 Å². The van der Waals surface area contributed by atoms with E-state index in [2.05, 4.69) is 9.71 Å². The Balaban J connectivity index is 1.93. The minimum atomic E-state index is -4.18. The molecule has 162 valence electrons. The van der Waals surface area contributed by atoms with Crippen molar-refractivity contribution in [3.8, 4) is 0 Å². The van der Waals surface area contributed by atoms with Gasteiger partial charge >= 0.3 is 7.12 Å². The number of hydrogen-bond acceptors (Lipinski definition) is 7. The molecule has 2 heterocycles. The zero-order chi connectivity index (χ0) is 22.5. The molecule has 0 amide bonds. The third-order valence-corrected chi connectivity index (χ3v) is 7.65. The van der Waals surface area contributed by atoms with Crippen molar-refractivity contribution in [1.29, 1.82) is 0 Å². The molecule has 3 rings (SSSR count). The summed E-state index contributed by atoms with van der Waals surface area (Å²) in [4.78, 5) is 3.38. The number of anilines is 1. The topological polar surface area (TPSA) is 138 Å². The quantitative estimate of drug-likeness (QED) is 0.495. The van der Waals surface area contributed by atoms with E-state index in [1.54, 1.807) is 0 Å². The first-order chi connectivity index (χ1) is 13.6. The first-order valence-electron chi connectivity index (χ1n) is 8.79. The molecule has 1 aromatic carbocycles. The molecule has 30 heavy (non-hydrogen) atoms. The summed E-state index contributed by atoms with van der Waals surface area (Å²) in [6.45, 7) is 7.55. The van der Waals surface area contributed by atoms with Crippen LogP contribution in [0.1, 0.15) is 27.7 Å². The van der Waals surface area contributed by atoms with E-state index in [9.17, 15) is 16.8 Å². The third-order valence-electron chi connectivity index (χ3n) is 5.07. The van der Waals surface area contributed by atoms with Crippen LogP contribution in [0.15, 0.2) is 46.3 Å². The first kappa shape index (κ1) is 23.0. The van der Waals surface area contributed by atoms with Crippen LogP contribution >= 0.6 is 11.6 Å². The Bertz CT molecular complexity index is 1190. The van der Waals surface area contributed by atoms with Crippen LogP contribution in [0.5, 0.6) is 0 Å². The van der Waals surface area contributed by atoms with Gasteiger partial charge in [0.05, 0.1) is 26.7 Å². The molecule has 0 saturated carbocycles. The highest BCUT2D eigenvalue weighted by molar-refractivity contribution is 7.93. The lowest BCUT2D eigenvalue weighted by Gasteiger charge is -2.32. The van der Waals surface area contributed by atoms with Crippen molar-refractivity contribution < 1.29 is 26.1 Å². The monoisotopic (exact) mass is 473 g/mol. The summed E-state index contributed by atoms with van der Waals surface area (Å²) >= 11 is 6.08. The van der Waals surface area contributed by atoms with Crippen LogP contribution in [0.2, 0.25) is 5.15 Å². The predicted octanol–water partition coefficient (Wildman–Crippen LogP) is 1.48. The van der Waals surface area contributed by atoms with Gasteiger partial charge in [0.25, 0.3) is 10.0 Å². The molecule has 1 aliphatic heterocycles. The molecule has 0 unspecified atom stereocenters. The van der Waals surface area contributed by atoms with Crippen LogP contribution in [0.25, 0.3) is 0 Å². The van der Waals surface area contributed by atoms with Gasteiger partial charge in [0.15, 0.2) is 5.15 Å². The van der Waals surface area contributed by atoms with Gasteiger partial charge in [0.1, 0.15) is 0 Å². The van der Waals surface area contributed by atoms with Crippen LogP contribution in [0.4, 0.5) is 5.69 Å². The average Bonchev–Trinajstić information content (AvgIpc) is 2.84. The Kier molecular flexibility index (Phi) is 5.72. The highest BCUT2D eigenvalue weighted by Crippen LogP contribution is 2.36. The maximum atomic E-state index is 12.8. The summed E-state index contributed by atoms with van der Waals surface area (Å²) in [6, 6.07) is 6.11. The van der Waals surface area contributed by atoms with Crippen molar-refractivity contribution in [3.63, 3.8) is 0 Å². The fraction of sp³-hybridized carbons (Fsp3) is 0.353. The number of aromatic nitrogens is 1. The number of sulfonamides is 2. The van der Waals surface area contributed by atoms with Crippen LogP contribution in [-0.4, -0.2) is 40.1 Å². The molecular formula is C17H21BClN3O6S2. The third kappa shape index (κ3) is 4.48. The summed E-state index contributed by atoms with van der Waals surface area (Å²) in [5.41, 5.74) is -0.727. The van der Waals surface area contributed by atoms with Gasteiger partial charge in [-0.05, 0) is 52.0 Å². The maximum Gasteiger partial charge on any atom is 0.496 e. The number of rotatable bonds is 5. The first-order valence-corrected chi connectivity index (χ1v) is 12.2. The van der Waals surface area contributed by atoms with Gasteiger partial charge in [-0.2, -0.15) is 0 Å². The fourth-order valence-corrected chi connectivity index (χ4v) is 4.61. The molecule has 0 radical (unpaired) electrons. The van der Waals surface area contributed by atoms with Gasteiger partial charge in [0.2, 0.25) is 10.0 Å². The standard InChI is InChI=1S/C17H21BClN3O6S2/c1-16(2)17(3,4)28-18(27-16)11-8-14(15(19)21-10-11)22-30(25,26)13-7-5-6-12(9-13)29(20,23)24/h5-10,22H,1-4H3,(H2,20,23,24). The van der Waals surface area contributed by atoms with Crippen molar-refractivity contribution in [2.45, 2.75) is 48.7 Å². The molecule has 1 aromatic heterocycles. The summed E-state index contributed by atoms with van der Waals surface area (Å²) < 4.78 is 62.8. The largest absolute Gasteiger partial charge is 0.496 e. The Morgan fingerprint density at radius 2 is 1.60 bits per heavy atom. The van der Waals surface area contributed by atoms with Crippen molar-refractivity contribution in [1.82, 2.24) is 4.98 Å². The summed E-state index contributed by atoms with van der Waals surface area (Å²) in [6.07, 6.45) is 1.43. The number of nitrogens with zero attached hydrogens (tertiary/aromatic N) is 1. The lowest BCUT2D eigenvalue weighted by molar-refractivity contribution is 0.00578. The van der Waals surface area contributed by atoms with Crippen LogP contribution in [-0.2, 0) is 29.4 Å². The molecule has 3 N–H and O–H groups in total. The summed E-state index contributed by atoms with van der Waals surface area (Å²) in [7, 11) is -9.02. The number of primary sulfonamides is 1. The van der Waals surface area contributed by atoms with E-state index in [1.807, 2.05) is 27.7 Å². The number of pyridine rings is 1. The molecule has 2 aromatic rings. The number of benzene rings is 1. The average molecular weight is 474 g/mol. The Labute approximate surface area is 181 Å². The highest BCUT2D eigenvalue weighted by atomic mass is 35.5. The summed E-state index contributed by atoms with van der Waals surface area (Å²) in [5.74, 6) is 0. The molecule has 13 heteroatoms. The number of nitrogens with one attached hydrogen (secondary N) is 1. The second-order valence-corrected chi connectivity index (χ2v) is 11.4. The molecule has 0 atom stereocenters. The second-order valence-electron chi connectivity index (χ2n) is 7.82. The van der Waals surface area contributed by atoms with E-state index in [-0.39, 0.29) is 20.6 Å². The van der Waals surface area contributed by atoms with Crippen molar-refractivity contribution in [3.05, 3.63) is 41.7 Å². The Hall–Kier alpha value is -1.70. The van der Waals surface area contributed by atoms with E-state index >= 15 is 0 Å². The molecule has 1 fully saturated rings. The zero-order valence-corrected chi connectivity index (χ0v) is 19.1. The Morgan fingerprint density at radius 1 is 1.03 bits per heavy atom. The number of halogens is 1. The lowest BCUT2D eigenvalue weighted by atomic mass is 9.80. The van der Waals surface area contributed by atoms with Gasteiger partial charge in [-0.3, -0.25) is 4.72 Å². The minimum Gasteiger partial charge on any atom is -0.399 e. The second kappa shape index (κ2) is 7.47. The zero-order valence-electron chi connectivity index (χ0n) is 16.7. The smallest absolute Gasteiger partial charge is 0.399 e. The van der Waals surface area contributed by atoms with Gasteiger partial charge in [-0.25, -0.2) is 27.0 Å². The van der Waals surface area contributed by atoms with Gasteiger partial charge in [-0.1, -0.05) is 17.7 Å². The van der Waals surface area contributed by atoms with Crippen molar-refractivity contribution in [2.24, 2.45) is 5.14 Å². The molecular weight excluding hydrogens is 453 g/mol. The normalized spacial score (nSPS) is 18.4. The molecule has 0 spiro atoms. The van der Waals surface area contributed by atoms with E-state index < -0.39 is 38.4 Å². The van der Waals surface area contributed by atoms with Gasteiger partial charge in [0, 0.05) is 11.7 Å². The maximum absolute atomic E-state index is 12.8. The van der Waals surface area contributed by atoms with E-state index in [4.69, 9.17) is 26.0 Å². The number of nitrogens with two attached hydrogens (primary N) is 1. The molecule has 1 saturated heterocycles. The summed E-state index contributed by atoms with van der Waals surface area (Å²) in [5, 5.41) is 4.98. The highest BCUT2D eigenvalue weighted by Gasteiger charge is 2.52. The molecule has 9 nitrogen and oxygen atoms in total.